The Balaban J connectivity index is 1.58. The zero-order chi connectivity index (χ0) is 11.7. The largest absolute Gasteiger partial charge is 0.352 e. The van der Waals surface area contributed by atoms with E-state index in [2.05, 4.69) is 32.0 Å². The summed E-state index contributed by atoms with van der Waals surface area (Å²) in [5.74, 6) is 1.08. The van der Waals surface area contributed by atoms with Gasteiger partial charge in [-0.05, 0) is 6.92 Å². The average Bonchev–Trinajstić information content (AvgIpc) is 3.00. The van der Waals surface area contributed by atoms with Gasteiger partial charge in [0.15, 0.2) is 11.1 Å². The zero-order valence-corrected chi connectivity index (χ0v) is 10.8. The first-order valence-corrected chi connectivity index (χ1v) is 6.91. The Morgan fingerprint density at radius 1 is 1.29 bits per heavy atom. The molecule has 5 nitrogen and oxygen atoms in total. The SMILES string of the molecule is CC1CN=C(N2CCN(c3nccs3)CC2)N1. The molecule has 1 atom stereocenters. The lowest BCUT2D eigenvalue weighted by Gasteiger charge is -2.35. The van der Waals surface area contributed by atoms with Gasteiger partial charge in [0.25, 0.3) is 0 Å². The second-order valence-electron chi connectivity index (χ2n) is 4.50. The van der Waals surface area contributed by atoms with E-state index in [4.69, 9.17) is 0 Å². The number of aliphatic imine (C=N–C) groups is 1. The molecule has 3 heterocycles. The molecule has 0 bridgehead atoms. The number of nitrogens with zero attached hydrogens (tertiary/aromatic N) is 4. The zero-order valence-electron chi connectivity index (χ0n) is 9.96. The molecular formula is C11H17N5S. The van der Waals surface area contributed by atoms with Gasteiger partial charge in [-0.15, -0.1) is 11.3 Å². The van der Waals surface area contributed by atoms with Gasteiger partial charge < -0.3 is 15.1 Å². The number of hydrogen-bond acceptors (Lipinski definition) is 6. The third-order valence-corrected chi connectivity index (χ3v) is 3.99. The topological polar surface area (TPSA) is 43.8 Å². The van der Waals surface area contributed by atoms with E-state index < -0.39 is 0 Å². The van der Waals surface area contributed by atoms with E-state index in [1.165, 1.54) is 0 Å². The van der Waals surface area contributed by atoms with Gasteiger partial charge in [0.1, 0.15) is 0 Å². The molecule has 3 rings (SSSR count). The van der Waals surface area contributed by atoms with Crippen molar-refractivity contribution in [1.82, 2.24) is 15.2 Å². The lowest BCUT2D eigenvalue weighted by Crippen LogP contribution is -2.52. The van der Waals surface area contributed by atoms with Crippen LogP contribution in [0.3, 0.4) is 0 Å². The summed E-state index contributed by atoms with van der Waals surface area (Å²) in [6.45, 7) is 7.19. The van der Waals surface area contributed by atoms with E-state index in [0.717, 1.165) is 43.8 Å². The molecule has 17 heavy (non-hydrogen) atoms. The van der Waals surface area contributed by atoms with Crippen LogP contribution in [0.25, 0.3) is 0 Å². The molecular weight excluding hydrogens is 234 g/mol. The number of aromatic nitrogens is 1. The van der Waals surface area contributed by atoms with Gasteiger partial charge in [-0.25, -0.2) is 4.98 Å². The van der Waals surface area contributed by atoms with Crippen molar-refractivity contribution >= 4 is 22.4 Å². The maximum absolute atomic E-state index is 4.53. The molecule has 0 radical (unpaired) electrons. The Hall–Kier alpha value is -1.30. The minimum Gasteiger partial charge on any atom is -0.352 e. The van der Waals surface area contributed by atoms with E-state index in [-0.39, 0.29) is 0 Å². The second-order valence-corrected chi connectivity index (χ2v) is 5.37. The normalized spacial score (nSPS) is 24.8. The molecule has 2 aliphatic rings. The summed E-state index contributed by atoms with van der Waals surface area (Å²) in [7, 11) is 0. The van der Waals surface area contributed by atoms with E-state index in [1.54, 1.807) is 11.3 Å². The number of nitrogens with one attached hydrogen (secondary N) is 1. The molecule has 92 valence electrons. The molecule has 0 spiro atoms. The Bertz CT molecular complexity index is 394. The van der Waals surface area contributed by atoms with Crippen molar-refractivity contribution in [3.8, 4) is 0 Å². The predicted octanol–water partition coefficient (Wildman–Crippen LogP) is 0.613. The van der Waals surface area contributed by atoms with E-state index in [1.807, 2.05) is 11.6 Å². The summed E-state index contributed by atoms with van der Waals surface area (Å²) < 4.78 is 0. The van der Waals surface area contributed by atoms with Crippen LogP contribution in [0.2, 0.25) is 0 Å². The quantitative estimate of drug-likeness (QED) is 0.794. The number of hydrogen-bond donors (Lipinski definition) is 1. The molecule has 1 unspecified atom stereocenters. The first kappa shape index (κ1) is 10.8. The van der Waals surface area contributed by atoms with Gasteiger partial charge >= 0.3 is 0 Å². The van der Waals surface area contributed by atoms with Crippen LogP contribution in [0, 0.1) is 0 Å². The van der Waals surface area contributed by atoms with Gasteiger partial charge in [-0.1, -0.05) is 0 Å². The Labute approximate surface area is 105 Å². The monoisotopic (exact) mass is 251 g/mol. The van der Waals surface area contributed by atoms with Crippen molar-refractivity contribution in [2.24, 2.45) is 4.99 Å². The number of rotatable bonds is 1. The molecule has 0 aromatic carbocycles. The Morgan fingerprint density at radius 2 is 2.06 bits per heavy atom. The van der Waals surface area contributed by atoms with Crippen molar-refractivity contribution in [3.63, 3.8) is 0 Å². The third-order valence-electron chi connectivity index (χ3n) is 3.16. The third kappa shape index (κ3) is 2.22. The van der Waals surface area contributed by atoms with Crippen molar-refractivity contribution in [2.75, 3.05) is 37.6 Å². The summed E-state index contributed by atoms with van der Waals surface area (Å²) >= 11 is 1.71. The highest BCUT2D eigenvalue weighted by Crippen LogP contribution is 2.19. The van der Waals surface area contributed by atoms with Crippen molar-refractivity contribution in [1.29, 1.82) is 0 Å². The van der Waals surface area contributed by atoms with Crippen LogP contribution < -0.4 is 10.2 Å². The first-order valence-electron chi connectivity index (χ1n) is 6.03. The smallest absolute Gasteiger partial charge is 0.194 e. The number of piperazine rings is 1. The first-order chi connectivity index (χ1) is 8.33. The molecule has 2 aliphatic heterocycles. The van der Waals surface area contributed by atoms with Crippen LogP contribution in [-0.4, -0.2) is 54.6 Å². The van der Waals surface area contributed by atoms with Gasteiger partial charge in [0.2, 0.25) is 0 Å². The van der Waals surface area contributed by atoms with Crippen molar-refractivity contribution in [3.05, 3.63) is 11.6 Å². The molecule has 1 N–H and O–H groups in total. The molecule has 0 saturated carbocycles. The maximum Gasteiger partial charge on any atom is 0.194 e. The summed E-state index contributed by atoms with van der Waals surface area (Å²) in [4.78, 5) is 13.6. The van der Waals surface area contributed by atoms with E-state index >= 15 is 0 Å². The minimum absolute atomic E-state index is 0.488. The number of guanidine groups is 1. The maximum atomic E-state index is 4.53. The van der Waals surface area contributed by atoms with Crippen LogP contribution in [0.4, 0.5) is 5.13 Å². The highest BCUT2D eigenvalue weighted by atomic mass is 32.1. The fourth-order valence-corrected chi connectivity index (χ4v) is 2.90. The molecule has 6 heteroatoms. The fraction of sp³-hybridized carbons (Fsp3) is 0.636. The van der Waals surface area contributed by atoms with Crippen LogP contribution in [-0.2, 0) is 0 Å². The lowest BCUT2D eigenvalue weighted by atomic mass is 10.3. The van der Waals surface area contributed by atoms with Crippen molar-refractivity contribution < 1.29 is 0 Å². The van der Waals surface area contributed by atoms with Crippen LogP contribution in [0.1, 0.15) is 6.92 Å². The Kier molecular flexibility index (Phi) is 2.88. The molecule has 1 fully saturated rings. The second kappa shape index (κ2) is 4.52. The van der Waals surface area contributed by atoms with Gasteiger partial charge in [-0.3, -0.25) is 4.99 Å². The highest BCUT2D eigenvalue weighted by molar-refractivity contribution is 7.13. The summed E-state index contributed by atoms with van der Waals surface area (Å²) in [5, 5.41) is 6.59. The van der Waals surface area contributed by atoms with Gasteiger partial charge in [-0.2, -0.15) is 0 Å². The molecule has 1 aromatic heterocycles. The lowest BCUT2D eigenvalue weighted by molar-refractivity contribution is 0.375. The van der Waals surface area contributed by atoms with Crippen LogP contribution in [0.5, 0.6) is 0 Å². The molecule has 1 aromatic rings. The average molecular weight is 251 g/mol. The van der Waals surface area contributed by atoms with Crippen molar-refractivity contribution in [2.45, 2.75) is 13.0 Å². The summed E-state index contributed by atoms with van der Waals surface area (Å²) in [6.07, 6.45) is 1.87. The highest BCUT2D eigenvalue weighted by Gasteiger charge is 2.24. The fourth-order valence-electron chi connectivity index (χ4n) is 2.21. The van der Waals surface area contributed by atoms with Crippen LogP contribution in [0.15, 0.2) is 16.6 Å². The van der Waals surface area contributed by atoms with Gasteiger partial charge in [0.05, 0.1) is 6.54 Å². The predicted molar refractivity (Wildman–Crippen MR) is 70.8 cm³/mol. The van der Waals surface area contributed by atoms with E-state index in [0.29, 0.717) is 6.04 Å². The summed E-state index contributed by atoms with van der Waals surface area (Å²) in [5.41, 5.74) is 0. The minimum atomic E-state index is 0.488. The van der Waals surface area contributed by atoms with E-state index in [9.17, 15) is 0 Å². The van der Waals surface area contributed by atoms with Crippen LogP contribution >= 0.6 is 11.3 Å². The number of thiazole rings is 1. The molecule has 0 aliphatic carbocycles. The number of anilines is 1. The Morgan fingerprint density at radius 3 is 2.65 bits per heavy atom. The van der Waals surface area contributed by atoms with Gasteiger partial charge in [0, 0.05) is 43.8 Å². The molecule has 1 saturated heterocycles. The summed E-state index contributed by atoms with van der Waals surface area (Å²) in [6, 6.07) is 0.488. The standard InChI is InChI=1S/C11H17N5S/c1-9-8-13-10(14-9)15-3-5-16(6-4-15)11-12-2-7-17-11/h2,7,9H,3-6,8H2,1H3,(H,13,14). The molecule has 0 amide bonds.